The number of halogens is 2. The van der Waals surface area contributed by atoms with Gasteiger partial charge in [0, 0.05) is 17.8 Å². The molecular formula is C21H18ClFN2O3S. The molecule has 0 atom stereocenters. The Balaban J connectivity index is 1.60. The number of benzene rings is 3. The molecule has 3 aromatic rings. The number of rotatable bonds is 7. The maximum absolute atomic E-state index is 13.2. The van der Waals surface area contributed by atoms with Crippen molar-refractivity contribution >= 4 is 33.2 Å². The molecule has 150 valence electrons. The Kier molecular flexibility index (Phi) is 6.51. The molecule has 1 amide bonds. The first-order chi connectivity index (χ1) is 13.8. The van der Waals surface area contributed by atoms with Gasteiger partial charge < -0.3 is 5.32 Å². The molecule has 8 heteroatoms. The van der Waals surface area contributed by atoms with Crippen LogP contribution in [0.15, 0.2) is 77.7 Å². The molecule has 0 unspecified atom stereocenters. The zero-order valence-corrected chi connectivity index (χ0v) is 16.8. The van der Waals surface area contributed by atoms with Gasteiger partial charge in [-0.25, -0.2) is 12.8 Å². The molecule has 0 spiro atoms. The van der Waals surface area contributed by atoms with Crippen molar-refractivity contribution in [1.82, 2.24) is 5.32 Å². The number of nitrogens with one attached hydrogen (secondary N) is 2. The number of hydrogen-bond donors (Lipinski definition) is 2. The highest BCUT2D eigenvalue weighted by Crippen LogP contribution is 2.22. The lowest BCUT2D eigenvalue weighted by Crippen LogP contribution is -2.25. The Morgan fingerprint density at radius 1 is 0.966 bits per heavy atom. The van der Waals surface area contributed by atoms with Gasteiger partial charge in [-0.05, 0) is 54.4 Å². The second-order valence-corrected chi connectivity index (χ2v) is 8.34. The van der Waals surface area contributed by atoms with Crippen LogP contribution in [0.2, 0.25) is 5.02 Å². The summed E-state index contributed by atoms with van der Waals surface area (Å²) in [7, 11) is -3.93. The van der Waals surface area contributed by atoms with Gasteiger partial charge in [0.05, 0.1) is 9.92 Å². The number of sulfonamides is 1. The fourth-order valence-electron chi connectivity index (χ4n) is 2.61. The first kappa shape index (κ1) is 20.8. The largest absolute Gasteiger partial charge is 0.352 e. The SMILES string of the molecule is O=C(NCCc1ccccc1)c1ccc(NS(=O)(=O)c2ccc(F)c(Cl)c2)cc1. The predicted octanol–water partition coefficient (Wildman–Crippen LogP) is 4.25. The normalized spacial score (nSPS) is 11.1. The van der Waals surface area contributed by atoms with Crippen molar-refractivity contribution in [3.63, 3.8) is 0 Å². The zero-order chi connectivity index (χ0) is 20.9. The second-order valence-electron chi connectivity index (χ2n) is 6.25. The van der Waals surface area contributed by atoms with E-state index < -0.39 is 15.8 Å². The van der Waals surface area contributed by atoms with Gasteiger partial charge in [-0.2, -0.15) is 0 Å². The van der Waals surface area contributed by atoms with Crippen molar-refractivity contribution in [2.24, 2.45) is 0 Å². The van der Waals surface area contributed by atoms with E-state index in [9.17, 15) is 17.6 Å². The smallest absolute Gasteiger partial charge is 0.261 e. The first-order valence-corrected chi connectivity index (χ1v) is 10.6. The summed E-state index contributed by atoms with van der Waals surface area (Å²) in [5.74, 6) is -0.950. The minimum Gasteiger partial charge on any atom is -0.352 e. The highest BCUT2D eigenvalue weighted by molar-refractivity contribution is 7.92. The Morgan fingerprint density at radius 3 is 2.31 bits per heavy atom. The van der Waals surface area contributed by atoms with Crippen LogP contribution < -0.4 is 10.0 Å². The van der Waals surface area contributed by atoms with Crippen molar-refractivity contribution < 1.29 is 17.6 Å². The minimum atomic E-state index is -3.93. The van der Waals surface area contributed by atoms with E-state index >= 15 is 0 Å². The maximum Gasteiger partial charge on any atom is 0.261 e. The van der Waals surface area contributed by atoms with Crippen LogP contribution in [0.25, 0.3) is 0 Å². The molecule has 2 N–H and O–H groups in total. The highest BCUT2D eigenvalue weighted by Gasteiger charge is 2.16. The van der Waals surface area contributed by atoms with Gasteiger partial charge in [0.15, 0.2) is 0 Å². The van der Waals surface area contributed by atoms with Crippen LogP contribution in [0.5, 0.6) is 0 Å². The van der Waals surface area contributed by atoms with Gasteiger partial charge in [0.1, 0.15) is 5.82 Å². The molecule has 0 aliphatic carbocycles. The lowest BCUT2D eigenvalue weighted by molar-refractivity contribution is 0.0954. The third kappa shape index (κ3) is 5.56. The summed E-state index contributed by atoms with van der Waals surface area (Å²) >= 11 is 5.65. The summed E-state index contributed by atoms with van der Waals surface area (Å²) in [5.41, 5.74) is 1.80. The monoisotopic (exact) mass is 432 g/mol. The third-order valence-corrected chi connectivity index (χ3v) is 5.81. The quantitative estimate of drug-likeness (QED) is 0.586. The van der Waals surface area contributed by atoms with E-state index in [0.29, 0.717) is 18.5 Å². The van der Waals surface area contributed by atoms with Gasteiger partial charge >= 0.3 is 0 Å². The minimum absolute atomic E-state index is 0.161. The fourth-order valence-corrected chi connectivity index (χ4v) is 3.94. The van der Waals surface area contributed by atoms with Crippen LogP contribution in [0.3, 0.4) is 0 Å². The average molecular weight is 433 g/mol. The van der Waals surface area contributed by atoms with E-state index in [0.717, 1.165) is 23.8 Å². The van der Waals surface area contributed by atoms with E-state index in [1.54, 1.807) is 0 Å². The van der Waals surface area contributed by atoms with E-state index in [1.807, 2.05) is 30.3 Å². The Morgan fingerprint density at radius 2 is 1.66 bits per heavy atom. The molecule has 0 aliphatic rings. The summed E-state index contributed by atoms with van der Waals surface area (Å²) in [6.07, 6.45) is 0.713. The van der Waals surface area contributed by atoms with Crippen LogP contribution in [0.1, 0.15) is 15.9 Å². The molecule has 0 aliphatic heterocycles. The van der Waals surface area contributed by atoms with Crippen LogP contribution in [0, 0.1) is 5.82 Å². The number of hydrogen-bond acceptors (Lipinski definition) is 3. The molecule has 0 bridgehead atoms. The lowest BCUT2D eigenvalue weighted by Gasteiger charge is -2.10. The second kappa shape index (κ2) is 9.07. The molecule has 0 aromatic heterocycles. The summed E-state index contributed by atoms with van der Waals surface area (Å²) in [6, 6.07) is 18.9. The molecular weight excluding hydrogens is 415 g/mol. The van der Waals surface area contributed by atoms with Crippen molar-refractivity contribution in [1.29, 1.82) is 0 Å². The lowest BCUT2D eigenvalue weighted by atomic mass is 10.1. The van der Waals surface area contributed by atoms with Crippen LogP contribution in [-0.4, -0.2) is 20.9 Å². The number of amides is 1. The number of carbonyl (C=O) groups is 1. The van der Waals surface area contributed by atoms with Gasteiger partial charge in [0.2, 0.25) is 0 Å². The Labute approximate surface area is 173 Å². The zero-order valence-electron chi connectivity index (χ0n) is 15.2. The summed E-state index contributed by atoms with van der Waals surface area (Å²) < 4.78 is 40.4. The standard InChI is InChI=1S/C21H18ClFN2O3S/c22-19-14-18(10-11-20(19)23)29(27,28)25-17-8-6-16(7-9-17)21(26)24-13-12-15-4-2-1-3-5-15/h1-11,14,25H,12-13H2,(H,24,26). The molecule has 0 saturated carbocycles. The van der Waals surface area contributed by atoms with E-state index in [2.05, 4.69) is 10.0 Å². The molecule has 0 radical (unpaired) electrons. The number of carbonyl (C=O) groups excluding carboxylic acids is 1. The summed E-state index contributed by atoms with van der Waals surface area (Å²) in [5, 5.41) is 2.54. The van der Waals surface area contributed by atoms with Crippen LogP contribution in [0.4, 0.5) is 10.1 Å². The highest BCUT2D eigenvalue weighted by atomic mass is 35.5. The van der Waals surface area contributed by atoms with Gasteiger partial charge in [-0.3, -0.25) is 9.52 Å². The Hall–Kier alpha value is -2.90. The molecule has 3 rings (SSSR count). The number of anilines is 1. The molecule has 0 saturated heterocycles. The van der Waals surface area contributed by atoms with Gasteiger partial charge in [-0.1, -0.05) is 41.9 Å². The van der Waals surface area contributed by atoms with Gasteiger partial charge in [-0.15, -0.1) is 0 Å². The fraction of sp³-hybridized carbons (Fsp3) is 0.0952. The van der Waals surface area contributed by atoms with Crippen LogP contribution >= 0.6 is 11.6 Å². The predicted molar refractivity (Wildman–Crippen MR) is 111 cm³/mol. The molecule has 29 heavy (non-hydrogen) atoms. The average Bonchev–Trinajstić information content (AvgIpc) is 2.71. The van der Waals surface area contributed by atoms with Crippen molar-refractivity contribution in [3.8, 4) is 0 Å². The van der Waals surface area contributed by atoms with E-state index in [4.69, 9.17) is 11.6 Å². The van der Waals surface area contributed by atoms with Crippen molar-refractivity contribution in [2.45, 2.75) is 11.3 Å². The topological polar surface area (TPSA) is 75.3 Å². The molecule has 3 aromatic carbocycles. The summed E-state index contributed by atoms with van der Waals surface area (Å²) in [4.78, 5) is 12.1. The molecule has 0 fully saturated rings. The third-order valence-electron chi connectivity index (χ3n) is 4.14. The van der Waals surface area contributed by atoms with Crippen molar-refractivity contribution in [2.75, 3.05) is 11.3 Å². The van der Waals surface area contributed by atoms with Gasteiger partial charge in [0.25, 0.3) is 15.9 Å². The Bertz CT molecular complexity index is 1100. The summed E-state index contributed by atoms with van der Waals surface area (Å²) in [6.45, 7) is 0.489. The van der Waals surface area contributed by atoms with Crippen LogP contribution in [-0.2, 0) is 16.4 Å². The molecule has 0 heterocycles. The van der Waals surface area contributed by atoms with E-state index in [1.165, 1.54) is 24.3 Å². The van der Waals surface area contributed by atoms with E-state index in [-0.39, 0.29) is 21.5 Å². The maximum atomic E-state index is 13.2. The first-order valence-electron chi connectivity index (χ1n) is 8.75. The van der Waals surface area contributed by atoms with Crippen molar-refractivity contribution in [3.05, 3.63) is 94.8 Å². The molecule has 5 nitrogen and oxygen atoms in total.